The Morgan fingerprint density at radius 1 is 0.938 bits per heavy atom. The third kappa shape index (κ3) is 1.76. The average Bonchev–Trinajstić information content (AvgIpc) is 2.26. The minimum absolute atomic E-state index is 0.829. The molecule has 0 amide bonds. The molecule has 0 bridgehead atoms. The number of nitrogens with zero attached hydrogens (tertiary/aromatic N) is 1. The van der Waals surface area contributed by atoms with E-state index in [1.807, 2.05) is 7.05 Å². The Morgan fingerprint density at radius 2 is 1.56 bits per heavy atom. The summed E-state index contributed by atoms with van der Waals surface area (Å²) in [6.45, 7) is 0. The lowest BCUT2D eigenvalue weighted by Crippen LogP contribution is -2.35. The zero-order valence-corrected chi connectivity index (χ0v) is 10.4. The van der Waals surface area contributed by atoms with E-state index in [0.29, 0.717) is 0 Å². The summed E-state index contributed by atoms with van der Waals surface area (Å²) >= 11 is 0. The van der Waals surface area contributed by atoms with E-state index in [1.54, 1.807) is 0 Å². The van der Waals surface area contributed by atoms with Crippen molar-refractivity contribution in [2.75, 3.05) is 33.5 Å². The van der Waals surface area contributed by atoms with Crippen LogP contribution in [0.2, 0.25) is 0 Å². The molecule has 0 saturated carbocycles. The number of hydrogen-bond acceptors (Lipinski definition) is 1. The predicted octanol–water partition coefficient (Wildman–Crippen LogP) is 3.08. The van der Waals surface area contributed by atoms with Gasteiger partial charge in [0.25, 0.3) is 0 Å². The van der Waals surface area contributed by atoms with E-state index in [-0.39, 0.29) is 0 Å². The maximum absolute atomic E-state index is 3.27. The van der Waals surface area contributed by atoms with Gasteiger partial charge in [-0.2, -0.15) is 0 Å². The Morgan fingerprint density at radius 3 is 2.12 bits per heavy atom. The van der Waals surface area contributed by atoms with Crippen LogP contribution in [0, 0.1) is 0 Å². The summed E-state index contributed by atoms with van der Waals surface area (Å²) in [5.74, 6) is 0. The number of anilines is 1. The topological polar surface area (TPSA) is 12.0 Å². The molecule has 0 radical (unpaired) electrons. The number of hydrogen-bond donors (Lipinski definition) is 1. The van der Waals surface area contributed by atoms with E-state index in [2.05, 4.69) is 62.9 Å². The first-order valence-corrected chi connectivity index (χ1v) is 5.55. The Labute approximate surface area is 97.1 Å². The molecule has 0 fully saturated rings. The zero-order chi connectivity index (χ0) is 11.8. The van der Waals surface area contributed by atoms with Crippen molar-refractivity contribution in [2.24, 2.45) is 0 Å². The third-order valence-electron chi connectivity index (χ3n) is 2.87. The van der Waals surface area contributed by atoms with E-state index < -0.39 is 0 Å². The molecule has 0 aliphatic carbocycles. The van der Waals surface area contributed by atoms with Gasteiger partial charge in [-0.25, -0.2) is 0 Å². The van der Waals surface area contributed by atoms with Gasteiger partial charge in [0, 0.05) is 12.7 Å². The van der Waals surface area contributed by atoms with Crippen LogP contribution in [0.3, 0.4) is 0 Å². The minimum atomic E-state index is 0.829. The van der Waals surface area contributed by atoms with Gasteiger partial charge in [0.1, 0.15) is 5.69 Å². The van der Waals surface area contributed by atoms with Crippen LogP contribution in [0.25, 0.3) is 10.8 Å². The van der Waals surface area contributed by atoms with E-state index in [4.69, 9.17) is 0 Å². The predicted molar refractivity (Wildman–Crippen MR) is 73.1 cm³/mol. The molecule has 2 nitrogen and oxygen atoms in total. The molecule has 0 aliphatic heterocycles. The molecule has 2 aromatic rings. The summed E-state index contributed by atoms with van der Waals surface area (Å²) in [4.78, 5) is 0. The largest absolute Gasteiger partial charge is 0.387 e. The van der Waals surface area contributed by atoms with Crippen LogP contribution in [-0.4, -0.2) is 28.2 Å². The molecule has 0 aliphatic rings. The van der Waals surface area contributed by atoms with E-state index in [1.165, 1.54) is 22.1 Å². The molecule has 0 saturated heterocycles. The Kier molecular flexibility index (Phi) is 2.60. The Hall–Kier alpha value is -1.54. The van der Waals surface area contributed by atoms with Gasteiger partial charge in [-0.15, -0.1) is 0 Å². The van der Waals surface area contributed by atoms with Gasteiger partial charge in [0.2, 0.25) is 0 Å². The molecule has 2 rings (SSSR count). The van der Waals surface area contributed by atoms with Crippen molar-refractivity contribution >= 4 is 22.1 Å². The minimum Gasteiger partial charge on any atom is -0.387 e. The highest BCUT2D eigenvalue weighted by Crippen LogP contribution is 2.33. The first-order chi connectivity index (χ1) is 7.54. The lowest BCUT2D eigenvalue weighted by molar-refractivity contribution is 0.490. The second-order valence-electron chi connectivity index (χ2n) is 4.94. The summed E-state index contributed by atoms with van der Waals surface area (Å²) < 4.78 is 0.829. The SMILES string of the molecule is CNc1cccc2cccc([N+](C)(C)C)c12. The average molecular weight is 215 g/mol. The van der Waals surface area contributed by atoms with Crippen molar-refractivity contribution in [3.05, 3.63) is 36.4 Å². The lowest BCUT2D eigenvalue weighted by Gasteiger charge is -2.25. The lowest BCUT2D eigenvalue weighted by atomic mass is 10.1. The summed E-state index contributed by atoms with van der Waals surface area (Å²) in [5, 5.41) is 5.88. The molecule has 84 valence electrons. The van der Waals surface area contributed by atoms with Gasteiger partial charge in [-0.1, -0.05) is 24.3 Å². The molecule has 0 atom stereocenters. The first kappa shape index (κ1) is 11.0. The van der Waals surface area contributed by atoms with Crippen LogP contribution in [0.4, 0.5) is 11.4 Å². The maximum atomic E-state index is 3.27. The Balaban J connectivity index is 2.84. The molecular weight excluding hydrogens is 196 g/mol. The highest BCUT2D eigenvalue weighted by atomic mass is 15.3. The first-order valence-electron chi connectivity index (χ1n) is 5.55. The molecule has 0 heterocycles. The van der Waals surface area contributed by atoms with Crippen molar-refractivity contribution < 1.29 is 0 Å². The highest BCUT2D eigenvalue weighted by Gasteiger charge is 2.17. The molecule has 1 N–H and O–H groups in total. The highest BCUT2D eigenvalue weighted by molar-refractivity contribution is 6.02. The summed E-state index contributed by atoms with van der Waals surface area (Å²) in [5.41, 5.74) is 2.53. The van der Waals surface area contributed by atoms with Gasteiger partial charge < -0.3 is 5.32 Å². The van der Waals surface area contributed by atoms with Crippen LogP contribution >= 0.6 is 0 Å². The van der Waals surface area contributed by atoms with Gasteiger partial charge in [0.05, 0.1) is 26.5 Å². The van der Waals surface area contributed by atoms with Crippen LogP contribution in [0.1, 0.15) is 0 Å². The third-order valence-corrected chi connectivity index (χ3v) is 2.87. The molecule has 0 spiro atoms. The summed E-state index contributed by atoms with van der Waals surface area (Å²) in [6.07, 6.45) is 0. The van der Waals surface area contributed by atoms with Crippen molar-refractivity contribution in [3.63, 3.8) is 0 Å². The quantitative estimate of drug-likeness (QED) is 0.759. The van der Waals surface area contributed by atoms with Crippen molar-refractivity contribution in [3.8, 4) is 0 Å². The van der Waals surface area contributed by atoms with Gasteiger partial charge >= 0.3 is 0 Å². The van der Waals surface area contributed by atoms with Gasteiger partial charge in [0.15, 0.2) is 0 Å². The fourth-order valence-corrected chi connectivity index (χ4v) is 2.09. The molecule has 2 heteroatoms. The number of rotatable bonds is 2. The van der Waals surface area contributed by atoms with E-state index in [0.717, 1.165) is 4.48 Å². The van der Waals surface area contributed by atoms with Gasteiger partial charge in [-0.05, 0) is 17.5 Å². The summed E-state index contributed by atoms with van der Waals surface area (Å²) in [6, 6.07) is 12.9. The van der Waals surface area contributed by atoms with Gasteiger partial charge in [-0.3, -0.25) is 4.48 Å². The van der Waals surface area contributed by atoms with Crippen molar-refractivity contribution in [1.82, 2.24) is 4.48 Å². The molecule has 0 aromatic heterocycles. The molecule has 2 aromatic carbocycles. The standard InChI is InChI=1S/C14H19N2/c1-15-12-9-5-7-11-8-6-10-13(14(11)12)16(2,3)4/h5-10,15H,1-4H3/q+1. The zero-order valence-electron chi connectivity index (χ0n) is 10.4. The second-order valence-corrected chi connectivity index (χ2v) is 4.94. The smallest absolute Gasteiger partial charge is 0.142 e. The monoisotopic (exact) mass is 215 g/mol. The number of quaternary nitrogens is 1. The summed E-state index contributed by atoms with van der Waals surface area (Å²) in [7, 11) is 8.56. The van der Waals surface area contributed by atoms with E-state index in [9.17, 15) is 0 Å². The fourth-order valence-electron chi connectivity index (χ4n) is 2.09. The number of nitrogens with one attached hydrogen (secondary N) is 1. The van der Waals surface area contributed by atoms with Crippen LogP contribution < -0.4 is 9.80 Å². The Bertz CT molecular complexity index is 504. The van der Waals surface area contributed by atoms with Crippen molar-refractivity contribution in [1.29, 1.82) is 0 Å². The van der Waals surface area contributed by atoms with Crippen LogP contribution in [0.5, 0.6) is 0 Å². The molecule has 0 unspecified atom stereocenters. The number of fused-ring (bicyclic) bond motifs is 1. The molecular formula is C14H19N2+. The van der Waals surface area contributed by atoms with E-state index >= 15 is 0 Å². The fraction of sp³-hybridized carbons (Fsp3) is 0.286. The molecule has 16 heavy (non-hydrogen) atoms. The van der Waals surface area contributed by atoms with Crippen LogP contribution in [0.15, 0.2) is 36.4 Å². The van der Waals surface area contributed by atoms with Crippen LogP contribution in [-0.2, 0) is 0 Å². The number of benzene rings is 2. The second kappa shape index (κ2) is 3.80. The normalized spacial score (nSPS) is 11.8. The maximum Gasteiger partial charge on any atom is 0.142 e. The van der Waals surface area contributed by atoms with Crippen molar-refractivity contribution in [2.45, 2.75) is 0 Å².